The summed E-state index contributed by atoms with van der Waals surface area (Å²) in [4.78, 5) is 13.0. The fourth-order valence-electron chi connectivity index (χ4n) is 4.43. The van der Waals surface area contributed by atoms with E-state index >= 15 is 0 Å². The van der Waals surface area contributed by atoms with Gasteiger partial charge in [0.2, 0.25) is 0 Å². The highest BCUT2D eigenvalue weighted by Gasteiger charge is 2.13. The SMILES string of the molecule is Cc1ccc2ccccc2c1COc1ccccc1/C=C(\C#N)C(=O)Nc1ccc(OCc2ccccc2Cl)cc1. The fourth-order valence-corrected chi connectivity index (χ4v) is 4.62. The molecule has 5 rings (SSSR count). The van der Waals surface area contributed by atoms with E-state index in [-0.39, 0.29) is 5.57 Å². The first kappa shape index (κ1) is 27.5. The topological polar surface area (TPSA) is 71.3 Å². The van der Waals surface area contributed by atoms with Crippen molar-refractivity contribution in [3.05, 3.63) is 142 Å². The van der Waals surface area contributed by atoms with Crippen molar-refractivity contribution in [2.45, 2.75) is 20.1 Å². The number of fused-ring (bicyclic) bond motifs is 1. The Morgan fingerprint density at radius 2 is 1.59 bits per heavy atom. The average molecular weight is 559 g/mol. The second-order valence-corrected chi connectivity index (χ2v) is 9.84. The van der Waals surface area contributed by atoms with Crippen molar-refractivity contribution in [3.8, 4) is 17.6 Å². The molecule has 5 aromatic carbocycles. The number of benzene rings is 5. The number of ether oxygens (including phenoxy) is 2. The van der Waals surface area contributed by atoms with Crippen LogP contribution in [0.15, 0.2) is 115 Å². The van der Waals surface area contributed by atoms with Gasteiger partial charge in [-0.1, -0.05) is 84.4 Å². The zero-order valence-electron chi connectivity index (χ0n) is 22.4. The van der Waals surface area contributed by atoms with Crippen LogP contribution in [-0.2, 0) is 18.0 Å². The molecule has 0 fully saturated rings. The predicted molar refractivity (Wildman–Crippen MR) is 164 cm³/mol. The smallest absolute Gasteiger partial charge is 0.266 e. The predicted octanol–water partition coefficient (Wildman–Crippen LogP) is 8.51. The molecule has 1 amide bonds. The number of anilines is 1. The molecule has 1 N–H and O–H groups in total. The molecule has 41 heavy (non-hydrogen) atoms. The van der Waals surface area contributed by atoms with Crippen molar-refractivity contribution in [1.29, 1.82) is 5.26 Å². The van der Waals surface area contributed by atoms with E-state index in [4.69, 9.17) is 21.1 Å². The molecule has 0 radical (unpaired) electrons. The number of hydrogen-bond acceptors (Lipinski definition) is 4. The second kappa shape index (κ2) is 12.9. The standard InChI is InChI=1S/C35H27ClN2O3/c1-24-14-15-25-8-2-5-11-31(25)32(24)23-41-34-13-7-4-9-26(34)20-28(21-37)35(39)38-29-16-18-30(19-17-29)40-22-27-10-3-6-12-33(27)36/h2-20H,22-23H2,1H3,(H,38,39)/b28-20+. The third-order valence-electron chi connectivity index (χ3n) is 6.70. The second-order valence-electron chi connectivity index (χ2n) is 9.44. The highest BCUT2D eigenvalue weighted by atomic mass is 35.5. The molecule has 0 unspecified atom stereocenters. The maximum Gasteiger partial charge on any atom is 0.266 e. The lowest BCUT2D eigenvalue weighted by molar-refractivity contribution is -0.112. The molecule has 0 saturated carbocycles. The fraction of sp³-hybridized carbons (Fsp3) is 0.0857. The first-order valence-electron chi connectivity index (χ1n) is 13.1. The Kier molecular flexibility index (Phi) is 8.64. The molecule has 0 spiro atoms. The van der Waals surface area contributed by atoms with E-state index in [1.165, 1.54) is 0 Å². The number of aryl methyl sites for hydroxylation is 1. The van der Waals surface area contributed by atoms with Crippen molar-refractivity contribution < 1.29 is 14.3 Å². The number of halogens is 1. The van der Waals surface area contributed by atoms with Crippen LogP contribution in [0, 0.1) is 18.3 Å². The highest BCUT2D eigenvalue weighted by Crippen LogP contribution is 2.27. The van der Waals surface area contributed by atoms with Crippen LogP contribution in [0.5, 0.6) is 11.5 Å². The van der Waals surface area contributed by atoms with Crippen molar-refractivity contribution in [1.82, 2.24) is 0 Å². The first-order chi connectivity index (χ1) is 20.0. The van der Waals surface area contributed by atoms with Gasteiger partial charge in [0.05, 0.1) is 0 Å². The lowest BCUT2D eigenvalue weighted by atomic mass is 10.0. The van der Waals surface area contributed by atoms with Gasteiger partial charge in [-0.3, -0.25) is 4.79 Å². The molecule has 0 atom stereocenters. The highest BCUT2D eigenvalue weighted by molar-refractivity contribution is 6.31. The monoisotopic (exact) mass is 558 g/mol. The van der Waals surface area contributed by atoms with Gasteiger partial charge in [0.15, 0.2) is 0 Å². The van der Waals surface area contributed by atoms with Crippen molar-refractivity contribution >= 4 is 40.0 Å². The number of nitriles is 1. The molecule has 0 aliphatic carbocycles. The van der Waals surface area contributed by atoms with Gasteiger partial charge in [0, 0.05) is 27.4 Å². The van der Waals surface area contributed by atoms with E-state index in [1.807, 2.05) is 66.7 Å². The Labute approximate surface area is 244 Å². The number of nitrogens with one attached hydrogen (secondary N) is 1. The van der Waals surface area contributed by atoms with Crippen molar-refractivity contribution in [3.63, 3.8) is 0 Å². The first-order valence-corrected chi connectivity index (χ1v) is 13.5. The zero-order valence-corrected chi connectivity index (χ0v) is 23.2. The van der Waals surface area contributed by atoms with Crippen LogP contribution in [0.1, 0.15) is 22.3 Å². The molecule has 5 nitrogen and oxygen atoms in total. The normalized spacial score (nSPS) is 11.1. The van der Waals surface area contributed by atoms with Gasteiger partial charge in [-0.05, 0) is 65.7 Å². The summed E-state index contributed by atoms with van der Waals surface area (Å²) in [6, 6.07) is 36.2. The number of hydrogen-bond donors (Lipinski definition) is 1. The Balaban J connectivity index is 1.27. The minimum atomic E-state index is -0.517. The summed E-state index contributed by atoms with van der Waals surface area (Å²) in [6.45, 7) is 2.75. The minimum Gasteiger partial charge on any atom is -0.489 e. The number of carbonyl (C=O) groups excluding carboxylic acids is 1. The van der Waals surface area contributed by atoms with Crippen molar-refractivity contribution in [2.75, 3.05) is 5.32 Å². The van der Waals surface area contributed by atoms with Gasteiger partial charge in [0.25, 0.3) is 5.91 Å². The van der Waals surface area contributed by atoms with Gasteiger partial charge in [-0.15, -0.1) is 0 Å². The number of carbonyl (C=O) groups is 1. The number of para-hydroxylation sites is 1. The van der Waals surface area contributed by atoms with Gasteiger partial charge in [0.1, 0.15) is 36.4 Å². The average Bonchev–Trinajstić information content (AvgIpc) is 3.00. The minimum absolute atomic E-state index is 0.0403. The van der Waals surface area contributed by atoms with Crippen LogP contribution in [0.2, 0.25) is 5.02 Å². The van der Waals surface area contributed by atoms with Crippen LogP contribution in [0.25, 0.3) is 16.8 Å². The summed E-state index contributed by atoms with van der Waals surface area (Å²) in [7, 11) is 0. The Morgan fingerprint density at radius 1 is 0.854 bits per heavy atom. The quantitative estimate of drug-likeness (QED) is 0.145. The van der Waals surface area contributed by atoms with Crippen molar-refractivity contribution in [2.24, 2.45) is 0 Å². The summed E-state index contributed by atoms with van der Waals surface area (Å²) in [5.41, 5.74) is 4.25. The van der Waals surface area contributed by atoms with E-state index < -0.39 is 5.91 Å². The Bertz CT molecular complexity index is 1770. The van der Waals surface area contributed by atoms with Gasteiger partial charge >= 0.3 is 0 Å². The van der Waals surface area contributed by atoms with Gasteiger partial charge in [-0.2, -0.15) is 5.26 Å². The molecule has 0 aliphatic rings. The molecule has 5 aromatic rings. The summed E-state index contributed by atoms with van der Waals surface area (Å²) in [5.74, 6) is 0.698. The molecule has 6 heteroatoms. The number of nitrogens with zero attached hydrogens (tertiary/aromatic N) is 1. The summed E-state index contributed by atoms with van der Waals surface area (Å²) in [5, 5.41) is 15.5. The van der Waals surface area contributed by atoms with Crippen LogP contribution in [-0.4, -0.2) is 5.91 Å². The van der Waals surface area contributed by atoms with Crippen LogP contribution in [0.3, 0.4) is 0 Å². The molecular weight excluding hydrogens is 532 g/mol. The molecular formula is C35H27ClN2O3. The van der Waals surface area contributed by atoms with Gasteiger partial charge in [-0.25, -0.2) is 0 Å². The maximum absolute atomic E-state index is 13.0. The summed E-state index contributed by atoms with van der Waals surface area (Å²) >= 11 is 6.19. The van der Waals surface area contributed by atoms with Crippen LogP contribution < -0.4 is 14.8 Å². The number of amides is 1. The number of rotatable bonds is 9. The molecule has 0 aromatic heterocycles. The molecule has 0 aliphatic heterocycles. The molecule has 0 bridgehead atoms. The zero-order chi connectivity index (χ0) is 28.6. The molecule has 0 saturated heterocycles. The van der Waals surface area contributed by atoms with Crippen LogP contribution >= 0.6 is 11.6 Å². The maximum atomic E-state index is 13.0. The van der Waals surface area contributed by atoms with E-state index in [9.17, 15) is 10.1 Å². The van der Waals surface area contributed by atoms with Gasteiger partial charge < -0.3 is 14.8 Å². The third-order valence-corrected chi connectivity index (χ3v) is 7.06. The largest absolute Gasteiger partial charge is 0.489 e. The van der Waals surface area contributed by atoms with E-state index in [1.54, 1.807) is 30.3 Å². The lowest BCUT2D eigenvalue weighted by Gasteiger charge is -2.14. The van der Waals surface area contributed by atoms with Crippen LogP contribution in [0.4, 0.5) is 5.69 Å². The molecule has 0 heterocycles. The molecule has 202 valence electrons. The lowest BCUT2D eigenvalue weighted by Crippen LogP contribution is -2.13. The summed E-state index contributed by atoms with van der Waals surface area (Å²) in [6.07, 6.45) is 1.54. The van der Waals surface area contributed by atoms with E-state index in [0.717, 1.165) is 27.5 Å². The van der Waals surface area contributed by atoms with E-state index in [2.05, 4.69) is 36.5 Å². The Morgan fingerprint density at radius 3 is 2.39 bits per heavy atom. The van der Waals surface area contributed by atoms with E-state index in [0.29, 0.717) is 41.0 Å². The summed E-state index contributed by atoms with van der Waals surface area (Å²) < 4.78 is 12.0. The third kappa shape index (κ3) is 6.75. The Hall–Kier alpha value is -5.05.